The molecule has 0 bridgehead atoms. The quantitative estimate of drug-likeness (QED) is 0.480. The van der Waals surface area contributed by atoms with Crippen molar-refractivity contribution in [2.45, 2.75) is 5.92 Å². The maximum atomic E-state index is 4.61. The molecule has 0 aliphatic heterocycles. The molecule has 1 atom stereocenters. The molecule has 0 spiro atoms. The predicted molar refractivity (Wildman–Crippen MR) is 95.0 cm³/mol. The summed E-state index contributed by atoms with van der Waals surface area (Å²) in [6, 6.07) is 18.1. The van der Waals surface area contributed by atoms with Crippen molar-refractivity contribution in [1.29, 1.82) is 0 Å². The molecule has 127 valence electrons. The van der Waals surface area contributed by atoms with Gasteiger partial charge < -0.3 is 24.8 Å². The Kier molecular flexibility index (Phi) is 6.50. The van der Waals surface area contributed by atoms with Crippen LogP contribution in [-0.2, 0) is 17.4 Å². The zero-order valence-electron chi connectivity index (χ0n) is 13.7. The number of aromatic nitrogens is 1. The third kappa shape index (κ3) is 3.15. The Labute approximate surface area is 176 Å². The fraction of sp³-hybridized carbons (Fsp3) is 0.0455. The second kappa shape index (κ2) is 8.25. The molecular weight excluding hydrogens is 401 g/mol. The average molecular weight is 415 g/mol. The third-order valence-corrected chi connectivity index (χ3v) is 4.68. The minimum absolute atomic E-state index is 0. The molecule has 0 amide bonds. The van der Waals surface area contributed by atoms with Gasteiger partial charge in [-0.25, -0.2) is 0 Å². The zero-order valence-corrected chi connectivity index (χ0v) is 16.5. The van der Waals surface area contributed by atoms with Crippen LogP contribution in [0.2, 0.25) is 0 Å². The van der Waals surface area contributed by atoms with E-state index >= 15 is 0 Å². The first-order chi connectivity index (χ1) is 11.4. The Bertz CT molecular complexity index is 1030. The Morgan fingerprint density at radius 1 is 0.962 bits per heavy atom. The van der Waals surface area contributed by atoms with Crippen molar-refractivity contribution < 1.29 is 42.2 Å². The number of rotatable bonds is 1. The summed E-state index contributed by atoms with van der Waals surface area (Å²) in [6.07, 6.45) is 12.9. The van der Waals surface area contributed by atoms with E-state index in [0.717, 1.165) is 16.6 Å². The van der Waals surface area contributed by atoms with Gasteiger partial charge in [0.25, 0.3) is 0 Å². The zero-order chi connectivity index (χ0) is 15.2. The van der Waals surface area contributed by atoms with E-state index in [2.05, 4.69) is 71.8 Å². The van der Waals surface area contributed by atoms with E-state index in [1.54, 1.807) is 0 Å². The van der Waals surface area contributed by atoms with Crippen molar-refractivity contribution in [3.63, 3.8) is 0 Å². The number of benzene rings is 2. The molecule has 1 nitrogen and oxygen atoms in total. The Hall–Kier alpha value is -1.82. The molecule has 0 saturated heterocycles. The summed E-state index contributed by atoms with van der Waals surface area (Å²) in [5.41, 5.74) is 7.35. The summed E-state index contributed by atoms with van der Waals surface area (Å²) in [5, 5.41) is 1.17. The molecule has 4 heteroatoms. The molecule has 2 aliphatic rings. The molecule has 2 aromatic carbocycles. The third-order valence-electron chi connectivity index (χ3n) is 4.68. The molecule has 0 saturated carbocycles. The number of hydrogen-bond donors (Lipinski definition) is 0. The van der Waals surface area contributed by atoms with Crippen molar-refractivity contribution in [3.05, 3.63) is 95.7 Å². The number of pyridine rings is 1. The van der Waals surface area contributed by atoms with Crippen LogP contribution in [0.25, 0.3) is 28.1 Å². The summed E-state index contributed by atoms with van der Waals surface area (Å²) < 4.78 is 0. The van der Waals surface area contributed by atoms with Crippen LogP contribution in [0, 0.1) is 6.07 Å². The molecule has 1 heterocycles. The van der Waals surface area contributed by atoms with Crippen LogP contribution in [0.5, 0.6) is 0 Å². The number of nitrogens with zero attached hydrogens (tertiary/aromatic N) is 1. The smallest absolute Gasteiger partial charge is 1.00 e. The molecule has 3 aromatic rings. The summed E-state index contributed by atoms with van der Waals surface area (Å²) >= 11 is 0. The van der Waals surface area contributed by atoms with Gasteiger partial charge in [-0.1, -0.05) is 60.2 Å². The van der Waals surface area contributed by atoms with E-state index in [4.69, 9.17) is 0 Å². The van der Waals surface area contributed by atoms with E-state index in [-0.39, 0.29) is 42.2 Å². The summed E-state index contributed by atoms with van der Waals surface area (Å²) in [6.45, 7) is 0. The van der Waals surface area contributed by atoms with Crippen molar-refractivity contribution in [2.24, 2.45) is 0 Å². The van der Waals surface area contributed by atoms with Crippen LogP contribution in [0.3, 0.4) is 0 Å². The van der Waals surface area contributed by atoms with Gasteiger partial charge in [0.2, 0.25) is 0 Å². The first kappa shape index (κ1) is 20.5. The fourth-order valence-corrected chi connectivity index (χ4v) is 3.63. The molecule has 5 rings (SSSR count). The summed E-state index contributed by atoms with van der Waals surface area (Å²) in [7, 11) is 0. The van der Waals surface area contributed by atoms with Crippen LogP contribution < -0.4 is 24.8 Å². The molecule has 1 radical (unpaired) electrons. The number of allylic oxidation sites excluding steroid dienone is 5. The summed E-state index contributed by atoms with van der Waals surface area (Å²) in [5.74, 6) is 0.381. The van der Waals surface area contributed by atoms with Crippen LogP contribution in [-0.4, -0.2) is 4.98 Å². The number of fused-ring (bicyclic) bond motifs is 4. The van der Waals surface area contributed by atoms with E-state index in [1.165, 1.54) is 22.1 Å². The standard InChI is InChI=1S/C22H14N.2ClH.Cr/c1-2-9-17-16(6-1)14-21-18(17)10-4-11-19(21)20-12-3-7-15-8-5-13-23-22(15)20;;;/h1-10,12-14,17H;2*1H;/q-1;;;+3/p-2. The first-order valence-electron chi connectivity index (χ1n) is 7.87. The number of para-hydroxylation sites is 1. The van der Waals surface area contributed by atoms with Gasteiger partial charge in [-0.05, 0) is 17.0 Å². The monoisotopic (exact) mass is 414 g/mol. The van der Waals surface area contributed by atoms with Crippen LogP contribution in [0.1, 0.15) is 17.0 Å². The SMILES string of the molecule is [Cl-].[Cl-].[Cr+3].[c-]1ccc2c(c1-c1cccc3cccnc13)C=C1C=CC=CC12. The first-order valence-corrected chi connectivity index (χ1v) is 7.87. The van der Waals surface area contributed by atoms with Crippen LogP contribution >= 0.6 is 0 Å². The Morgan fingerprint density at radius 3 is 2.69 bits per heavy atom. The van der Waals surface area contributed by atoms with Gasteiger partial charge in [0, 0.05) is 17.6 Å². The van der Waals surface area contributed by atoms with E-state index in [1.807, 2.05) is 18.3 Å². The molecule has 2 aliphatic carbocycles. The van der Waals surface area contributed by atoms with E-state index in [9.17, 15) is 0 Å². The van der Waals surface area contributed by atoms with E-state index < -0.39 is 0 Å². The van der Waals surface area contributed by atoms with Crippen molar-refractivity contribution in [1.82, 2.24) is 4.98 Å². The van der Waals surface area contributed by atoms with Crippen LogP contribution in [0.15, 0.2) is 78.5 Å². The maximum absolute atomic E-state index is 4.61. The molecule has 1 unspecified atom stereocenters. The second-order valence-corrected chi connectivity index (χ2v) is 5.97. The summed E-state index contributed by atoms with van der Waals surface area (Å²) in [4.78, 5) is 4.61. The Morgan fingerprint density at radius 2 is 1.81 bits per heavy atom. The van der Waals surface area contributed by atoms with Crippen LogP contribution in [0.4, 0.5) is 0 Å². The van der Waals surface area contributed by atoms with Gasteiger partial charge in [-0.15, -0.1) is 34.9 Å². The van der Waals surface area contributed by atoms with E-state index in [0.29, 0.717) is 5.92 Å². The van der Waals surface area contributed by atoms with Gasteiger partial charge in [0.15, 0.2) is 0 Å². The molecule has 0 fully saturated rings. The molecule has 1 aromatic heterocycles. The van der Waals surface area contributed by atoms with Gasteiger partial charge in [-0.2, -0.15) is 0 Å². The van der Waals surface area contributed by atoms with Gasteiger partial charge in [-0.3, -0.25) is 4.98 Å². The molecular formula is C22H14Cl2CrN. The fourth-order valence-electron chi connectivity index (χ4n) is 3.63. The molecule has 26 heavy (non-hydrogen) atoms. The minimum Gasteiger partial charge on any atom is -1.00 e. The maximum Gasteiger partial charge on any atom is 3.00 e. The normalized spacial score (nSPS) is 15.8. The number of hydrogen-bond acceptors (Lipinski definition) is 1. The van der Waals surface area contributed by atoms with Gasteiger partial charge >= 0.3 is 17.4 Å². The van der Waals surface area contributed by atoms with Crippen molar-refractivity contribution in [2.75, 3.05) is 0 Å². The Balaban J connectivity index is 0.000000810. The van der Waals surface area contributed by atoms with Crippen molar-refractivity contribution >= 4 is 17.0 Å². The second-order valence-electron chi connectivity index (χ2n) is 5.97. The molecule has 0 N–H and O–H groups in total. The topological polar surface area (TPSA) is 12.9 Å². The number of halogens is 2. The minimum atomic E-state index is 0. The predicted octanol–water partition coefficient (Wildman–Crippen LogP) is -0.686. The average Bonchev–Trinajstić information content (AvgIpc) is 3.00. The largest absolute Gasteiger partial charge is 3.00 e. The van der Waals surface area contributed by atoms with Gasteiger partial charge in [0.05, 0.1) is 0 Å². The van der Waals surface area contributed by atoms with Crippen molar-refractivity contribution in [3.8, 4) is 11.1 Å². The van der Waals surface area contributed by atoms with Gasteiger partial charge in [0.1, 0.15) is 0 Å².